The number of benzene rings is 1. The summed E-state index contributed by atoms with van der Waals surface area (Å²) in [5.41, 5.74) is 0.946. The quantitative estimate of drug-likeness (QED) is 0.411. The molecule has 2 rings (SSSR count). The van der Waals surface area contributed by atoms with Gasteiger partial charge in [-0.1, -0.05) is 67.6 Å². The molecule has 1 aromatic carbocycles. The van der Waals surface area contributed by atoms with E-state index in [1.807, 2.05) is 22.3 Å². The van der Waals surface area contributed by atoms with E-state index in [1.165, 1.54) is 0 Å². The Hall–Kier alpha value is -0.593. The van der Waals surface area contributed by atoms with Gasteiger partial charge in [-0.25, -0.2) is 0 Å². The van der Waals surface area contributed by atoms with Crippen LogP contribution in [-0.4, -0.2) is 14.4 Å². The lowest BCUT2D eigenvalue weighted by Crippen LogP contribution is -2.44. The number of para-hydroxylation sites is 1. The van der Waals surface area contributed by atoms with Gasteiger partial charge < -0.3 is 8.84 Å². The van der Waals surface area contributed by atoms with Crippen LogP contribution in [0.4, 0.5) is 0 Å². The monoisotopic (exact) mass is 428 g/mol. The van der Waals surface area contributed by atoms with Crippen LogP contribution in [0, 0.1) is 0 Å². The Bertz CT molecular complexity index is 619. The molecule has 1 aromatic heterocycles. The third-order valence-electron chi connectivity index (χ3n) is 4.42. The molecule has 2 nitrogen and oxygen atoms in total. The van der Waals surface area contributed by atoms with Gasteiger partial charge in [-0.05, 0) is 34.3 Å². The van der Waals surface area contributed by atoms with Gasteiger partial charge in [-0.2, -0.15) is 0 Å². The largest absolute Gasteiger partial charge is 0.461 e. The molecule has 0 unspecified atom stereocenters. The summed E-state index contributed by atoms with van der Waals surface area (Å²) < 4.78 is 14.5. The molecule has 0 bridgehead atoms. The summed E-state index contributed by atoms with van der Waals surface area (Å²) in [4.78, 5) is 0. The molecular formula is C18H25IO2Si. The summed E-state index contributed by atoms with van der Waals surface area (Å²) in [6, 6.07) is 10.3. The molecule has 22 heavy (non-hydrogen) atoms. The van der Waals surface area contributed by atoms with E-state index in [-0.39, 0.29) is 11.1 Å². The van der Waals surface area contributed by atoms with E-state index in [0.29, 0.717) is 0 Å². The zero-order chi connectivity index (χ0) is 16.4. The minimum Gasteiger partial charge on any atom is -0.461 e. The molecule has 120 valence electrons. The zero-order valence-electron chi connectivity index (χ0n) is 14.0. The summed E-state index contributed by atoms with van der Waals surface area (Å²) in [7, 11) is -1.79. The highest BCUT2D eigenvalue weighted by molar-refractivity contribution is 14.1. The van der Waals surface area contributed by atoms with E-state index >= 15 is 0 Å². The van der Waals surface area contributed by atoms with E-state index in [1.54, 1.807) is 0 Å². The Morgan fingerprint density at radius 2 is 1.95 bits per heavy atom. The first-order valence-electron chi connectivity index (χ1n) is 7.65. The van der Waals surface area contributed by atoms with Crippen molar-refractivity contribution >= 4 is 41.9 Å². The maximum absolute atomic E-state index is 6.53. The smallest absolute Gasteiger partial charge is 0.192 e. The van der Waals surface area contributed by atoms with Gasteiger partial charge in [0, 0.05) is 11.8 Å². The molecule has 1 atom stereocenters. The molecular weight excluding hydrogens is 403 g/mol. The predicted octanol–water partition coefficient (Wildman–Crippen LogP) is 6.31. The number of fused-ring (bicyclic) bond motifs is 1. The van der Waals surface area contributed by atoms with Crippen molar-refractivity contribution in [2.24, 2.45) is 0 Å². The van der Waals surface area contributed by atoms with Gasteiger partial charge in [-0.15, -0.1) is 0 Å². The normalized spacial score (nSPS) is 14.8. The summed E-state index contributed by atoms with van der Waals surface area (Å²) in [5.74, 6) is 0.986. The first kappa shape index (κ1) is 17.8. The fraction of sp³-hybridized carbons (Fsp3) is 0.444. The lowest BCUT2D eigenvalue weighted by Gasteiger charge is -2.38. The number of hydrogen-bond donors (Lipinski definition) is 0. The van der Waals surface area contributed by atoms with E-state index < -0.39 is 8.32 Å². The maximum atomic E-state index is 6.53. The van der Waals surface area contributed by atoms with Crippen molar-refractivity contribution in [3.63, 3.8) is 0 Å². The van der Waals surface area contributed by atoms with Gasteiger partial charge in [0.2, 0.25) is 0 Å². The first-order valence-corrected chi connectivity index (χ1v) is 11.8. The van der Waals surface area contributed by atoms with Crippen LogP contribution in [0.2, 0.25) is 18.1 Å². The van der Waals surface area contributed by atoms with Crippen molar-refractivity contribution in [3.8, 4) is 0 Å². The highest BCUT2D eigenvalue weighted by Crippen LogP contribution is 2.38. The van der Waals surface area contributed by atoms with Crippen LogP contribution in [-0.2, 0) is 10.8 Å². The van der Waals surface area contributed by atoms with E-state index in [9.17, 15) is 0 Å². The van der Waals surface area contributed by atoms with Gasteiger partial charge in [0.05, 0.1) is 6.10 Å². The van der Waals surface area contributed by atoms with E-state index in [4.69, 9.17) is 8.84 Å². The Kier molecular flexibility index (Phi) is 5.56. The van der Waals surface area contributed by atoms with Crippen molar-refractivity contribution in [2.75, 3.05) is 0 Å². The fourth-order valence-electron chi connectivity index (χ4n) is 2.12. The van der Waals surface area contributed by atoms with Crippen LogP contribution in [0.15, 0.2) is 44.9 Å². The van der Waals surface area contributed by atoms with Crippen LogP contribution >= 0.6 is 22.6 Å². The Balaban J connectivity index is 2.18. The van der Waals surface area contributed by atoms with Crippen LogP contribution in [0.25, 0.3) is 11.0 Å². The lowest BCUT2D eigenvalue weighted by molar-refractivity contribution is 0.218. The third-order valence-corrected chi connectivity index (χ3v) is 9.34. The topological polar surface area (TPSA) is 22.4 Å². The number of hydrogen-bond acceptors (Lipinski definition) is 2. The molecule has 0 aliphatic rings. The maximum Gasteiger partial charge on any atom is 0.192 e. The highest BCUT2D eigenvalue weighted by Gasteiger charge is 2.38. The first-order chi connectivity index (χ1) is 10.2. The SMILES string of the molecule is CC(C)(C)[Si](C)(C)O[C@H](/C=C/I)Cc1cc2ccccc2o1. The van der Waals surface area contributed by atoms with Crippen LogP contribution in [0.1, 0.15) is 26.5 Å². The Morgan fingerprint density at radius 1 is 1.27 bits per heavy atom. The van der Waals surface area contributed by atoms with Crippen LogP contribution < -0.4 is 0 Å². The minimum atomic E-state index is -1.79. The summed E-state index contributed by atoms with van der Waals surface area (Å²) in [6.07, 6.45) is 2.98. The molecule has 1 heterocycles. The van der Waals surface area contributed by atoms with Crippen molar-refractivity contribution in [1.29, 1.82) is 0 Å². The molecule has 0 saturated heterocycles. The van der Waals surface area contributed by atoms with Crippen LogP contribution in [0.5, 0.6) is 0 Å². The second-order valence-corrected chi connectivity index (χ2v) is 12.7. The molecule has 0 aliphatic carbocycles. The molecule has 0 saturated carbocycles. The summed E-state index contributed by atoms with van der Waals surface area (Å²) in [6.45, 7) is 11.4. The molecule has 0 amide bonds. The highest BCUT2D eigenvalue weighted by atomic mass is 127. The second kappa shape index (κ2) is 6.89. The van der Waals surface area contributed by atoms with Gasteiger partial charge in [0.15, 0.2) is 8.32 Å². The number of furan rings is 1. The van der Waals surface area contributed by atoms with Crippen molar-refractivity contribution in [1.82, 2.24) is 0 Å². The van der Waals surface area contributed by atoms with Gasteiger partial charge in [0.25, 0.3) is 0 Å². The van der Waals surface area contributed by atoms with E-state index in [2.05, 4.69) is 74.7 Å². The predicted molar refractivity (Wildman–Crippen MR) is 105 cm³/mol. The number of rotatable bonds is 5. The average molecular weight is 428 g/mol. The van der Waals surface area contributed by atoms with Crippen molar-refractivity contribution in [2.45, 2.75) is 51.4 Å². The average Bonchev–Trinajstić information content (AvgIpc) is 2.79. The van der Waals surface area contributed by atoms with Crippen molar-refractivity contribution < 1.29 is 8.84 Å². The Labute approximate surface area is 148 Å². The molecule has 2 aromatic rings. The molecule has 0 aliphatic heterocycles. The van der Waals surface area contributed by atoms with Gasteiger partial charge in [0.1, 0.15) is 11.3 Å². The number of halogens is 1. The third kappa shape index (κ3) is 4.23. The van der Waals surface area contributed by atoms with Crippen LogP contribution in [0.3, 0.4) is 0 Å². The Morgan fingerprint density at radius 3 is 2.55 bits per heavy atom. The molecule has 4 heteroatoms. The van der Waals surface area contributed by atoms with Gasteiger partial charge >= 0.3 is 0 Å². The van der Waals surface area contributed by atoms with Gasteiger partial charge in [-0.3, -0.25) is 0 Å². The minimum absolute atomic E-state index is 0.0679. The molecule has 0 N–H and O–H groups in total. The molecule has 0 radical (unpaired) electrons. The second-order valence-electron chi connectivity index (χ2n) is 7.19. The zero-order valence-corrected chi connectivity index (χ0v) is 17.2. The summed E-state index contributed by atoms with van der Waals surface area (Å²) >= 11 is 2.26. The molecule has 0 fully saturated rings. The van der Waals surface area contributed by atoms with E-state index in [0.717, 1.165) is 23.2 Å². The standard InChI is InChI=1S/C18H25IO2Si/c1-18(2,3)22(4,5)21-15(10-11-19)13-16-12-14-8-6-7-9-17(14)20-16/h6-12,15H,13H2,1-5H3/b11-10+/t15-/m1/s1. The van der Waals surface area contributed by atoms with Crippen molar-refractivity contribution in [3.05, 3.63) is 46.3 Å². The lowest BCUT2D eigenvalue weighted by atomic mass is 10.2. The molecule has 0 spiro atoms. The fourth-order valence-corrected chi connectivity index (χ4v) is 3.86. The summed E-state index contributed by atoms with van der Waals surface area (Å²) in [5, 5.41) is 1.36.